The van der Waals surface area contributed by atoms with Gasteiger partial charge in [-0.1, -0.05) is 115 Å². The van der Waals surface area contributed by atoms with Gasteiger partial charge in [0.2, 0.25) is 0 Å². The van der Waals surface area contributed by atoms with Crippen molar-refractivity contribution < 1.29 is 126 Å². The number of carbonyl (C=O) groups excluding carboxylic acids is 12. The zero-order valence-corrected chi connectivity index (χ0v) is 91.4. The Morgan fingerprint density at radius 2 is 0.694 bits per heavy atom. The van der Waals surface area contributed by atoms with E-state index in [2.05, 4.69) is 27.7 Å². The third kappa shape index (κ3) is 17.8. The summed E-state index contributed by atoms with van der Waals surface area (Å²) >= 11 is 0. The highest BCUT2D eigenvalue weighted by Crippen LogP contribution is 2.75. The molecule has 26 heteroatoms. The molecule has 0 heterocycles. The van der Waals surface area contributed by atoms with Gasteiger partial charge in [0.05, 0.1) is 48.8 Å². The van der Waals surface area contributed by atoms with Crippen molar-refractivity contribution in [2.24, 2.45) is 143 Å². The number of alkyl halides is 1. The summed E-state index contributed by atoms with van der Waals surface area (Å²) in [5.74, 6) is -0.841. The number of carbonyl (C=O) groups is 12. The highest BCUT2D eigenvalue weighted by molar-refractivity contribution is 6.04. The Kier molecular flexibility index (Phi) is 30.7. The summed E-state index contributed by atoms with van der Waals surface area (Å²) in [6, 6.07) is 0. The van der Waals surface area contributed by atoms with Gasteiger partial charge in [-0.25, -0.2) is 4.39 Å². The molecule has 20 aliphatic rings. The average molecular weight is 2040 g/mol. The van der Waals surface area contributed by atoms with Crippen LogP contribution in [0.3, 0.4) is 0 Å². The Labute approximate surface area is 869 Å². The molecule has 0 spiro atoms. The molecule has 0 amide bonds. The number of hydrogen-bond donors (Lipinski definition) is 8. The van der Waals surface area contributed by atoms with E-state index in [1.54, 1.807) is 43.4 Å². The molecule has 0 radical (unpaired) electrons. The number of ketones is 12. The fraction of sp³-hybridized carbons (Fsp3) is 0.769. The van der Waals surface area contributed by atoms with E-state index in [4.69, 9.17) is 23.7 Å². The van der Waals surface area contributed by atoms with E-state index in [0.717, 1.165) is 112 Å². The van der Waals surface area contributed by atoms with E-state index in [0.29, 0.717) is 70.6 Å². The molecule has 0 unspecified atom stereocenters. The van der Waals surface area contributed by atoms with Crippen LogP contribution in [-0.4, -0.2) is 226 Å². The fourth-order valence-corrected chi connectivity index (χ4v) is 36.2. The largest absolute Gasteiger partial charge is 0.393 e. The average Bonchev–Trinajstić information content (AvgIpc) is 1.56. The lowest BCUT2D eigenvalue weighted by atomic mass is 9.44. The number of fused-ring (bicyclic) bond motifs is 25. The monoisotopic (exact) mass is 2040 g/mol. The van der Waals surface area contributed by atoms with Crippen LogP contribution in [0, 0.1) is 143 Å². The maximum absolute atomic E-state index is 17.1. The lowest BCUT2D eigenvalue weighted by Gasteiger charge is -2.62. The summed E-state index contributed by atoms with van der Waals surface area (Å²) in [7, 11) is 0. The molecule has 15 saturated carbocycles. The fourth-order valence-electron chi connectivity index (χ4n) is 36.2. The van der Waals surface area contributed by atoms with Crippen LogP contribution in [0.1, 0.15) is 325 Å². The van der Waals surface area contributed by atoms with E-state index in [1.807, 2.05) is 129 Å². The van der Waals surface area contributed by atoms with Crippen LogP contribution in [0.2, 0.25) is 0 Å². The minimum absolute atomic E-state index is 0.00462. The number of rotatable bonds is 20. The van der Waals surface area contributed by atoms with Crippen molar-refractivity contribution in [1.82, 2.24) is 0 Å². The van der Waals surface area contributed by atoms with E-state index < -0.39 is 95.8 Å². The number of aliphatic hydroxyl groups excluding tert-OH is 3. The third-order valence-electron chi connectivity index (χ3n) is 44.1. The smallest absolute Gasteiger partial charge is 0.190 e. The molecule has 0 saturated heterocycles. The minimum atomic E-state index is -1.96. The molecule has 0 aromatic heterocycles. The minimum Gasteiger partial charge on any atom is -0.393 e. The maximum Gasteiger partial charge on any atom is 0.190 e. The molecular formula is C121H171FO25. The van der Waals surface area contributed by atoms with Gasteiger partial charge in [-0.15, -0.1) is 0 Å². The zero-order valence-electron chi connectivity index (χ0n) is 91.4. The van der Waals surface area contributed by atoms with Gasteiger partial charge in [0.25, 0.3) is 0 Å². The third-order valence-corrected chi connectivity index (χ3v) is 44.1. The van der Waals surface area contributed by atoms with E-state index in [9.17, 15) is 98.4 Å². The van der Waals surface area contributed by atoms with Crippen LogP contribution in [0.4, 0.5) is 4.39 Å². The van der Waals surface area contributed by atoms with Gasteiger partial charge in [-0.3, -0.25) is 57.5 Å². The van der Waals surface area contributed by atoms with Gasteiger partial charge in [-0.05, 0) is 355 Å². The molecule has 25 nitrogen and oxygen atoms in total. The first-order chi connectivity index (χ1) is 68.4. The van der Waals surface area contributed by atoms with Crippen LogP contribution in [-0.2, 0) is 81.2 Å². The van der Waals surface area contributed by atoms with Crippen molar-refractivity contribution in [2.75, 3.05) is 33.0 Å². The summed E-state index contributed by atoms with van der Waals surface area (Å²) in [6.45, 7) is 40.0. The standard InChI is InChI=1S/C25H35FO5.C24H36O5.2C24H34O5.C24H32O5/c1-14(2)31-13-21(29)25(30)15(3)10-19-18-7-6-16-11-17(27)8-9-22(16,4)24(18,26)20(28)12-23(19,25)5;4*1-14(2)29-13-20(27)24(28)10-8-18-17-6-5-15-11-16(25)7-9-22(15,3)21(17)19(26)12-23(18,24)4/h8-9,11,14-15,18-20,28,30H,6-7,10,12-13H2,1-5H3;11,14,17-19,21,26,28H,5-10,12-13H2,1-4H3;11,14,17-18,21,28H,5-10,12-13H2,1-4H3;7,9,11,14,17-19,21,26,28H,5-6,8,10,12-13H2,1-4H3;7,9,11,14,17-18,21,28H,5-6,8,10,12-13H2,1-4H3/t15-,18+,19+,20+,22+,23+,24+,25+;17-,18-,19-,21+,22-,23-,24-;17-,18-,21+,22-,23-,24-;17-,18-,19-,21+,22-,23-,24-;17-,18-,21+,22-,23-,24-/m10000/s1. The molecule has 0 aromatic carbocycles. The van der Waals surface area contributed by atoms with E-state index >= 15 is 4.39 Å². The number of hydrogen-bond acceptors (Lipinski definition) is 25. The highest BCUT2D eigenvalue weighted by atomic mass is 19.1. The molecule has 8 N–H and O–H groups in total. The second-order valence-corrected chi connectivity index (χ2v) is 52.9. The lowest BCUT2D eigenvalue weighted by Crippen LogP contribution is -2.69. The first-order valence-corrected chi connectivity index (χ1v) is 55.9. The first kappa shape index (κ1) is 113. The number of Topliss-reactive ketones (excluding diaryl/α,β-unsaturated/α-hetero) is 7. The lowest BCUT2D eigenvalue weighted by molar-refractivity contribution is -0.220. The number of aliphatic hydroxyl groups is 8. The van der Waals surface area contributed by atoms with Crippen molar-refractivity contribution in [3.63, 3.8) is 0 Å². The molecule has 20 aliphatic carbocycles. The molecule has 15 fully saturated rings. The second-order valence-electron chi connectivity index (χ2n) is 52.9. The number of allylic oxidation sites excluding steroid dienone is 14. The predicted molar refractivity (Wildman–Crippen MR) is 548 cm³/mol. The van der Waals surface area contributed by atoms with Crippen molar-refractivity contribution in [3.05, 3.63) is 94.7 Å². The molecule has 34 atom stereocenters. The molecule has 147 heavy (non-hydrogen) atoms. The molecule has 0 aliphatic heterocycles. The van der Waals surface area contributed by atoms with Crippen LogP contribution in [0.5, 0.6) is 0 Å². The Balaban J connectivity index is 0.000000131. The summed E-state index contributed by atoms with van der Waals surface area (Å²) in [5.41, 5.74) is -10.2. The van der Waals surface area contributed by atoms with Crippen LogP contribution < -0.4 is 0 Å². The molecule has 0 aromatic rings. The van der Waals surface area contributed by atoms with Crippen LogP contribution in [0.25, 0.3) is 0 Å². The van der Waals surface area contributed by atoms with Gasteiger partial charge in [0.15, 0.2) is 63.5 Å². The quantitative estimate of drug-likeness (QED) is 0.0561. The second kappa shape index (κ2) is 40.0. The maximum atomic E-state index is 17.1. The summed E-state index contributed by atoms with van der Waals surface area (Å²) in [6.07, 6.45) is 32.7. The van der Waals surface area contributed by atoms with Gasteiger partial charge >= 0.3 is 0 Å². The summed E-state index contributed by atoms with van der Waals surface area (Å²) < 4.78 is 44.6. The Morgan fingerprint density at radius 3 is 1.14 bits per heavy atom. The van der Waals surface area contributed by atoms with Crippen molar-refractivity contribution in [2.45, 2.75) is 408 Å². The van der Waals surface area contributed by atoms with E-state index in [-0.39, 0.29) is 251 Å². The molecule has 20 rings (SSSR count). The zero-order chi connectivity index (χ0) is 108. The summed E-state index contributed by atoms with van der Waals surface area (Å²) in [4.78, 5) is 152. The predicted octanol–water partition coefficient (Wildman–Crippen LogP) is 16.2. The first-order valence-electron chi connectivity index (χ1n) is 55.9. The SMILES string of the molecule is CC(C)OCC(=O)[C@@]1(O)CC[C@H]2[C@@H]3CCC4=CC(=O)C=C[C@]4(C)[C@H]3C(=O)C[C@@]21C.CC(C)OCC(=O)[C@@]1(O)CC[C@H]2[C@@H]3CCC4=CC(=O)C=C[C@]4(C)[C@H]3[C@@H](O)C[C@@]21C.CC(C)OCC(=O)[C@@]1(O)CC[C@H]2[C@@H]3CCC4=CC(=O)CC[C@]4(C)[C@H]3C(=O)C[C@@]21C.CC(C)OCC(=O)[C@@]1(O)CC[C@H]2[C@@H]3CCC4=CC(=O)CC[C@]4(C)[C@H]3[C@@H](O)C[C@@]21C.CC(C)OCC(=O)[C@@]1(O)[C@H](C)C[C@H]2[C@@H]3CCC4=CC(=O)C=C[C@]4(C)[C@@]3(F)[C@@H](O)C[C@@]21C. The van der Waals surface area contributed by atoms with Crippen molar-refractivity contribution >= 4 is 69.4 Å². The topological polar surface area (TPSA) is 413 Å². The highest BCUT2D eigenvalue weighted by Gasteiger charge is 2.78. The van der Waals surface area contributed by atoms with Gasteiger partial charge < -0.3 is 64.5 Å². The molecular weight excluding hydrogens is 1870 g/mol. The number of halogens is 1. The van der Waals surface area contributed by atoms with Crippen LogP contribution in [0.15, 0.2) is 94.7 Å². The van der Waals surface area contributed by atoms with Gasteiger partial charge in [0.1, 0.15) is 72.6 Å². The van der Waals surface area contributed by atoms with Gasteiger partial charge in [0, 0.05) is 92.7 Å². The Hall–Kier alpha value is -6.63. The van der Waals surface area contributed by atoms with Crippen molar-refractivity contribution in [1.29, 1.82) is 0 Å². The molecule has 812 valence electrons. The van der Waals surface area contributed by atoms with E-state index in [1.165, 1.54) is 17.7 Å². The Morgan fingerprint density at radius 1 is 0.354 bits per heavy atom. The Bertz CT molecular complexity index is 5510. The van der Waals surface area contributed by atoms with Crippen LogP contribution >= 0.6 is 0 Å². The molecule has 0 bridgehead atoms. The van der Waals surface area contributed by atoms with Crippen molar-refractivity contribution in [3.8, 4) is 0 Å². The van der Waals surface area contributed by atoms with Gasteiger partial charge in [-0.2, -0.15) is 0 Å². The normalized spacial score (nSPS) is 46.0. The summed E-state index contributed by atoms with van der Waals surface area (Å²) in [5, 5.41) is 91.9. The number of ether oxygens (including phenoxy) is 5.